The molecule has 27 heavy (non-hydrogen) atoms. The minimum absolute atomic E-state index is 0.0131. The number of carbonyl (C=O) groups is 1. The largest absolute Gasteiger partial charge is 0.298 e. The molecule has 0 saturated carbocycles. The van der Waals surface area contributed by atoms with Gasteiger partial charge in [-0.15, -0.1) is 0 Å². The highest BCUT2D eigenvalue weighted by molar-refractivity contribution is 7.22. The summed E-state index contributed by atoms with van der Waals surface area (Å²) >= 11 is 1.43. The highest BCUT2D eigenvalue weighted by atomic mass is 32.1. The first-order chi connectivity index (χ1) is 13.0. The van der Waals surface area contributed by atoms with Crippen LogP contribution in [0.4, 0.5) is 10.8 Å². The Morgan fingerprint density at radius 1 is 1.33 bits per heavy atom. The Morgan fingerprint density at radius 3 is 2.89 bits per heavy atom. The number of amides is 1. The zero-order chi connectivity index (χ0) is 19.4. The Hall–Kier alpha value is -3.06. The molecule has 0 aliphatic heterocycles. The van der Waals surface area contributed by atoms with Gasteiger partial charge in [-0.25, -0.2) is 4.98 Å². The van der Waals surface area contributed by atoms with Gasteiger partial charge in [-0.2, -0.15) is 0 Å². The summed E-state index contributed by atoms with van der Waals surface area (Å²) in [6.45, 7) is 4.34. The van der Waals surface area contributed by atoms with Crippen LogP contribution in [0.1, 0.15) is 37.3 Å². The van der Waals surface area contributed by atoms with Crippen molar-refractivity contribution in [3.63, 3.8) is 0 Å². The van der Waals surface area contributed by atoms with E-state index >= 15 is 0 Å². The number of thiazole rings is 1. The van der Waals surface area contributed by atoms with Crippen LogP contribution in [0, 0.1) is 10.1 Å². The highest BCUT2D eigenvalue weighted by Gasteiger charge is 2.09. The van der Waals surface area contributed by atoms with Crippen LogP contribution in [0.5, 0.6) is 0 Å². The maximum atomic E-state index is 12.1. The molecule has 0 aliphatic rings. The lowest BCUT2D eigenvalue weighted by Crippen LogP contribution is -2.07. The van der Waals surface area contributed by atoms with Gasteiger partial charge in [-0.05, 0) is 41.7 Å². The molecule has 3 rings (SSSR count). The summed E-state index contributed by atoms with van der Waals surface area (Å²) in [4.78, 5) is 26.9. The summed E-state index contributed by atoms with van der Waals surface area (Å²) in [5, 5.41) is 14.1. The van der Waals surface area contributed by atoms with Gasteiger partial charge in [0.25, 0.3) is 5.69 Å². The van der Waals surface area contributed by atoms with E-state index in [0.717, 1.165) is 16.6 Å². The first-order valence-corrected chi connectivity index (χ1v) is 9.42. The van der Waals surface area contributed by atoms with Crippen LogP contribution in [0.2, 0.25) is 0 Å². The molecule has 1 heterocycles. The third-order valence-corrected chi connectivity index (χ3v) is 5.27. The lowest BCUT2D eigenvalue weighted by atomic mass is 9.99. The number of nitro groups is 1. The van der Waals surface area contributed by atoms with Crippen LogP contribution in [-0.4, -0.2) is 15.8 Å². The van der Waals surface area contributed by atoms with Crippen molar-refractivity contribution >= 4 is 44.4 Å². The summed E-state index contributed by atoms with van der Waals surface area (Å²) < 4.78 is 1.03. The number of nitro benzene ring substituents is 1. The number of anilines is 1. The molecular weight excluding hydrogens is 362 g/mol. The molecule has 0 bridgehead atoms. The molecule has 3 aromatic rings. The van der Waals surface area contributed by atoms with Crippen LogP contribution in [0.15, 0.2) is 48.5 Å². The monoisotopic (exact) mass is 381 g/mol. The van der Waals surface area contributed by atoms with E-state index in [-0.39, 0.29) is 11.6 Å². The second-order valence-corrected chi connectivity index (χ2v) is 7.26. The SMILES string of the molecule is CCC(C)c1ccc2nc(NC(=O)/C=C/c3cccc([N+](=O)[O-])c3)sc2c1. The molecule has 0 spiro atoms. The fourth-order valence-electron chi connectivity index (χ4n) is 2.60. The summed E-state index contributed by atoms with van der Waals surface area (Å²) in [5.74, 6) is 0.148. The molecular formula is C20H19N3O3S. The van der Waals surface area contributed by atoms with Crippen molar-refractivity contribution in [2.24, 2.45) is 0 Å². The number of hydrogen-bond acceptors (Lipinski definition) is 5. The molecule has 0 radical (unpaired) electrons. The van der Waals surface area contributed by atoms with Crippen LogP contribution < -0.4 is 5.32 Å². The third kappa shape index (κ3) is 4.57. The molecule has 138 valence electrons. The van der Waals surface area contributed by atoms with Gasteiger partial charge in [-0.1, -0.05) is 43.4 Å². The Labute approximate surface area is 160 Å². The van der Waals surface area contributed by atoms with Crippen molar-refractivity contribution in [3.8, 4) is 0 Å². The number of non-ortho nitro benzene ring substituents is 1. The first kappa shape index (κ1) is 18.7. The van der Waals surface area contributed by atoms with E-state index in [0.29, 0.717) is 16.6 Å². The number of rotatable bonds is 6. The van der Waals surface area contributed by atoms with E-state index in [1.54, 1.807) is 12.1 Å². The number of nitrogens with zero attached hydrogens (tertiary/aromatic N) is 2. The number of benzene rings is 2. The van der Waals surface area contributed by atoms with E-state index in [2.05, 4.69) is 36.3 Å². The van der Waals surface area contributed by atoms with Gasteiger partial charge in [0.05, 0.1) is 15.1 Å². The van der Waals surface area contributed by atoms with Gasteiger partial charge in [0.2, 0.25) is 5.91 Å². The van der Waals surface area contributed by atoms with Crippen molar-refractivity contribution in [2.45, 2.75) is 26.2 Å². The fourth-order valence-corrected chi connectivity index (χ4v) is 3.52. The van der Waals surface area contributed by atoms with Gasteiger partial charge in [0.1, 0.15) is 0 Å². The van der Waals surface area contributed by atoms with Crippen LogP contribution >= 0.6 is 11.3 Å². The molecule has 1 aromatic heterocycles. The Bertz CT molecular complexity index is 1030. The molecule has 1 amide bonds. The summed E-state index contributed by atoms with van der Waals surface area (Å²) in [5.41, 5.74) is 2.68. The number of aromatic nitrogens is 1. The predicted octanol–water partition coefficient (Wildman–Crippen LogP) is 5.37. The van der Waals surface area contributed by atoms with Crippen LogP contribution in [0.3, 0.4) is 0 Å². The molecule has 6 nitrogen and oxygen atoms in total. The Balaban J connectivity index is 1.72. The minimum Gasteiger partial charge on any atom is -0.298 e. The number of fused-ring (bicyclic) bond motifs is 1. The van der Waals surface area contributed by atoms with Gasteiger partial charge in [0.15, 0.2) is 5.13 Å². The summed E-state index contributed by atoms with van der Waals surface area (Å²) in [7, 11) is 0. The predicted molar refractivity (Wildman–Crippen MR) is 109 cm³/mol. The number of carbonyl (C=O) groups excluding carboxylic acids is 1. The fraction of sp³-hybridized carbons (Fsp3) is 0.200. The van der Waals surface area contributed by atoms with E-state index in [1.807, 2.05) is 6.07 Å². The quantitative estimate of drug-likeness (QED) is 0.353. The second kappa shape index (κ2) is 8.09. The van der Waals surface area contributed by atoms with Crippen molar-refractivity contribution in [2.75, 3.05) is 5.32 Å². The molecule has 0 fully saturated rings. The van der Waals surface area contributed by atoms with Crippen LogP contribution in [0.25, 0.3) is 16.3 Å². The minimum atomic E-state index is -0.466. The molecule has 2 aromatic carbocycles. The normalized spacial score (nSPS) is 12.4. The molecule has 0 aliphatic carbocycles. The average Bonchev–Trinajstić information content (AvgIpc) is 3.07. The number of nitrogens with one attached hydrogen (secondary N) is 1. The number of hydrogen-bond donors (Lipinski definition) is 1. The van der Waals surface area contributed by atoms with E-state index in [1.165, 1.54) is 41.2 Å². The maximum Gasteiger partial charge on any atom is 0.270 e. The molecule has 1 N–H and O–H groups in total. The Kier molecular flexibility index (Phi) is 5.61. The highest BCUT2D eigenvalue weighted by Crippen LogP contribution is 2.30. The van der Waals surface area contributed by atoms with Crippen LogP contribution in [-0.2, 0) is 4.79 Å². The summed E-state index contributed by atoms with van der Waals surface area (Å²) in [6.07, 6.45) is 3.95. The average molecular weight is 381 g/mol. The first-order valence-electron chi connectivity index (χ1n) is 8.60. The van der Waals surface area contributed by atoms with Crippen molar-refractivity contribution in [3.05, 3.63) is 69.8 Å². The van der Waals surface area contributed by atoms with Gasteiger partial charge < -0.3 is 0 Å². The summed E-state index contributed by atoms with van der Waals surface area (Å²) in [6, 6.07) is 12.3. The van der Waals surface area contributed by atoms with E-state index in [9.17, 15) is 14.9 Å². The lowest BCUT2D eigenvalue weighted by molar-refractivity contribution is -0.384. The topological polar surface area (TPSA) is 85.1 Å². The van der Waals surface area contributed by atoms with Gasteiger partial charge in [0, 0.05) is 18.2 Å². The van der Waals surface area contributed by atoms with Gasteiger partial charge >= 0.3 is 0 Å². The zero-order valence-corrected chi connectivity index (χ0v) is 15.8. The molecule has 1 atom stereocenters. The van der Waals surface area contributed by atoms with Crippen molar-refractivity contribution < 1.29 is 9.72 Å². The molecule has 7 heteroatoms. The van der Waals surface area contributed by atoms with Crippen molar-refractivity contribution in [1.29, 1.82) is 0 Å². The second-order valence-electron chi connectivity index (χ2n) is 6.23. The third-order valence-electron chi connectivity index (χ3n) is 4.33. The zero-order valence-electron chi connectivity index (χ0n) is 15.0. The van der Waals surface area contributed by atoms with E-state index < -0.39 is 4.92 Å². The van der Waals surface area contributed by atoms with Gasteiger partial charge in [-0.3, -0.25) is 20.2 Å². The Morgan fingerprint density at radius 2 is 2.15 bits per heavy atom. The van der Waals surface area contributed by atoms with Crippen molar-refractivity contribution in [1.82, 2.24) is 4.98 Å². The standard InChI is InChI=1S/C20H19N3O3S/c1-3-13(2)15-8-9-17-18(12-15)27-20(21-17)22-19(24)10-7-14-5-4-6-16(11-14)23(25)26/h4-13H,3H2,1-2H3,(H,21,22,24)/b10-7+. The lowest BCUT2D eigenvalue weighted by Gasteiger charge is -2.07. The smallest absolute Gasteiger partial charge is 0.270 e. The van der Waals surface area contributed by atoms with E-state index in [4.69, 9.17) is 0 Å². The molecule has 0 saturated heterocycles. The maximum absolute atomic E-state index is 12.1. The molecule has 1 unspecified atom stereocenters.